The summed E-state index contributed by atoms with van der Waals surface area (Å²) < 4.78 is 35.1. The quantitative estimate of drug-likeness (QED) is 0.372. The van der Waals surface area contributed by atoms with Crippen LogP contribution in [0.2, 0.25) is 0 Å². The summed E-state index contributed by atoms with van der Waals surface area (Å²) in [6, 6.07) is 30.6. The van der Waals surface area contributed by atoms with E-state index in [4.69, 9.17) is 4.74 Å². The molecule has 0 aromatic heterocycles. The lowest BCUT2D eigenvalue weighted by Gasteiger charge is -2.38. The topological polar surface area (TPSA) is 61.9 Å². The maximum absolute atomic E-state index is 13.2. The molecule has 0 spiro atoms. The van der Waals surface area contributed by atoms with Crippen molar-refractivity contribution in [2.45, 2.75) is 10.9 Å². The molecule has 0 aliphatic carbocycles. The van der Waals surface area contributed by atoms with Crippen LogP contribution in [0.5, 0.6) is 11.5 Å². The molecule has 0 radical (unpaired) electrons. The van der Waals surface area contributed by atoms with Crippen molar-refractivity contribution in [3.8, 4) is 11.5 Å². The van der Waals surface area contributed by atoms with Crippen molar-refractivity contribution in [2.24, 2.45) is 0 Å². The van der Waals surface area contributed by atoms with Gasteiger partial charge in [0.1, 0.15) is 11.5 Å². The van der Waals surface area contributed by atoms with Gasteiger partial charge in [-0.3, -0.25) is 4.90 Å². The second kappa shape index (κ2) is 10.8. The van der Waals surface area contributed by atoms with Crippen LogP contribution in [0.4, 0.5) is 0 Å². The van der Waals surface area contributed by atoms with Gasteiger partial charge in [-0.15, -0.1) is 0 Å². The maximum atomic E-state index is 13.2. The lowest BCUT2D eigenvalue weighted by Crippen LogP contribution is -2.48. The first-order valence-electron chi connectivity index (χ1n) is 12.2. The first kappa shape index (κ1) is 24.5. The SMILES string of the molecule is CN1CCN(C(CNS(=O)(=O)c2ccc(Oc3ccccc3)cc2)c2ccc3ccccc3c2)CC1. The molecular weight excluding hydrogens is 470 g/mol. The van der Waals surface area contributed by atoms with E-state index in [1.54, 1.807) is 24.3 Å². The van der Waals surface area contributed by atoms with E-state index >= 15 is 0 Å². The molecule has 1 unspecified atom stereocenters. The van der Waals surface area contributed by atoms with Crippen molar-refractivity contribution in [3.63, 3.8) is 0 Å². The third-order valence-electron chi connectivity index (χ3n) is 6.72. The Bertz CT molecular complexity index is 1400. The molecule has 1 N–H and O–H groups in total. The van der Waals surface area contributed by atoms with Crippen LogP contribution in [-0.2, 0) is 10.0 Å². The number of sulfonamides is 1. The zero-order valence-electron chi connectivity index (χ0n) is 20.4. The fourth-order valence-electron chi connectivity index (χ4n) is 4.59. The molecule has 1 aliphatic heterocycles. The zero-order chi connectivity index (χ0) is 25.0. The summed E-state index contributed by atoms with van der Waals surface area (Å²) in [4.78, 5) is 4.90. The summed E-state index contributed by atoms with van der Waals surface area (Å²) in [5, 5.41) is 2.34. The number of para-hydroxylation sites is 1. The van der Waals surface area contributed by atoms with Crippen LogP contribution in [0.1, 0.15) is 11.6 Å². The maximum Gasteiger partial charge on any atom is 0.240 e. The molecule has 1 heterocycles. The van der Waals surface area contributed by atoms with Gasteiger partial charge in [-0.05, 0) is 65.8 Å². The van der Waals surface area contributed by atoms with E-state index in [1.165, 1.54) is 5.39 Å². The van der Waals surface area contributed by atoms with Crippen LogP contribution in [0.15, 0.2) is 102 Å². The predicted octanol–water partition coefficient (Wildman–Crippen LogP) is 4.90. The summed E-state index contributed by atoms with van der Waals surface area (Å²) in [7, 11) is -1.57. The molecule has 1 atom stereocenters. The number of benzene rings is 4. The largest absolute Gasteiger partial charge is 0.457 e. The van der Waals surface area contributed by atoms with Gasteiger partial charge in [0.25, 0.3) is 0 Å². The second-order valence-electron chi connectivity index (χ2n) is 9.20. The van der Waals surface area contributed by atoms with E-state index in [-0.39, 0.29) is 10.9 Å². The second-order valence-corrected chi connectivity index (χ2v) is 11.0. The molecular formula is C29H31N3O3S. The highest BCUT2D eigenvalue weighted by molar-refractivity contribution is 7.89. The molecule has 186 valence electrons. The van der Waals surface area contributed by atoms with E-state index in [9.17, 15) is 8.42 Å². The van der Waals surface area contributed by atoms with Gasteiger partial charge in [-0.25, -0.2) is 13.1 Å². The van der Waals surface area contributed by atoms with Crippen LogP contribution >= 0.6 is 0 Å². The molecule has 4 aromatic rings. The number of hydrogen-bond acceptors (Lipinski definition) is 5. The predicted molar refractivity (Wildman–Crippen MR) is 144 cm³/mol. The number of likely N-dealkylation sites (N-methyl/N-ethyl adjacent to an activating group) is 1. The van der Waals surface area contributed by atoms with Gasteiger partial charge in [-0.1, -0.05) is 54.6 Å². The van der Waals surface area contributed by atoms with Crippen LogP contribution in [-0.4, -0.2) is 58.0 Å². The molecule has 7 heteroatoms. The summed E-state index contributed by atoms with van der Waals surface area (Å²) >= 11 is 0. The highest BCUT2D eigenvalue weighted by Crippen LogP contribution is 2.27. The van der Waals surface area contributed by atoms with Gasteiger partial charge in [0, 0.05) is 38.8 Å². The van der Waals surface area contributed by atoms with Gasteiger partial charge in [0.05, 0.1) is 4.90 Å². The highest BCUT2D eigenvalue weighted by Gasteiger charge is 2.26. The van der Waals surface area contributed by atoms with Crippen molar-refractivity contribution in [1.82, 2.24) is 14.5 Å². The smallest absolute Gasteiger partial charge is 0.240 e. The highest BCUT2D eigenvalue weighted by atomic mass is 32.2. The molecule has 4 aromatic carbocycles. The molecule has 6 nitrogen and oxygen atoms in total. The number of piperazine rings is 1. The van der Waals surface area contributed by atoms with Gasteiger partial charge < -0.3 is 9.64 Å². The monoisotopic (exact) mass is 501 g/mol. The summed E-state index contributed by atoms with van der Waals surface area (Å²) in [5.74, 6) is 1.29. The Hall–Kier alpha value is -3.23. The van der Waals surface area contributed by atoms with Crippen LogP contribution in [0, 0.1) is 0 Å². The van der Waals surface area contributed by atoms with E-state index in [1.807, 2.05) is 42.5 Å². The average Bonchev–Trinajstić information content (AvgIpc) is 2.90. The number of ether oxygens (including phenoxy) is 1. The molecule has 5 rings (SSSR count). The summed E-state index contributed by atoms with van der Waals surface area (Å²) in [5.41, 5.74) is 1.12. The van der Waals surface area contributed by atoms with Crippen molar-refractivity contribution in [3.05, 3.63) is 103 Å². The van der Waals surface area contributed by atoms with Crippen LogP contribution < -0.4 is 9.46 Å². The van der Waals surface area contributed by atoms with E-state index in [0.29, 0.717) is 18.0 Å². The first-order valence-corrected chi connectivity index (χ1v) is 13.7. The van der Waals surface area contributed by atoms with Gasteiger partial charge in [0.15, 0.2) is 0 Å². The van der Waals surface area contributed by atoms with Gasteiger partial charge in [-0.2, -0.15) is 0 Å². The van der Waals surface area contributed by atoms with Crippen LogP contribution in [0.25, 0.3) is 10.8 Å². The number of fused-ring (bicyclic) bond motifs is 1. The van der Waals surface area contributed by atoms with E-state index in [0.717, 1.165) is 37.1 Å². The molecule has 1 saturated heterocycles. The Morgan fingerprint density at radius 2 is 1.42 bits per heavy atom. The number of nitrogens with one attached hydrogen (secondary N) is 1. The Morgan fingerprint density at radius 3 is 2.14 bits per heavy atom. The molecule has 1 fully saturated rings. The number of rotatable bonds is 8. The average molecular weight is 502 g/mol. The van der Waals surface area contributed by atoms with Crippen molar-refractivity contribution in [1.29, 1.82) is 0 Å². The standard InChI is InChI=1S/C29H31N3O3S/c1-31-17-19-32(20-18-31)29(25-12-11-23-7-5-6-8-24(23)21-25)22-30-36(33,34)28-15-13-27(14-16-28)35-26-9-3-2-4-10-26/h2-16,21,29-30H,17-20,22H2,1H3. The van der Waals surface area contributed by atoms with Gasteiger partial charge >= 0.3 is 0 Å². The lowest BCUT2D eigenvalue weighted by atomic mass is 10.00. The third kappa shape index (κ3) is 5.77. The molecule has 0 amide bonds. The fraction of sp³-hybridized carbons (Fsp3) is 0.241. The molecule has 36 heavy (non-hydrogen) atoms. The Labute approximate surface area is 213 Å². The molecule has 1 aliphatic rings. The van der Waals surface area contributed by atoms with Crippen molar-refractivity contribution < 1.29 is 13.2 Å². The van der Waals surface area contributed by atoms with Crippen molar-refractivity contribution in [2.75, 3.05) is 39.8 Å². The number of hydrogen-bond donors (Lipinski definition) is 1. The Balaban J connectivity index is 1.33. The minimum atomic E-state index is -3.69. The van der Waals surface area contributed by atoms with Crippen molar-refractivity contribution >= 4 is 20.8 Å². The summed E-state index contributed by atoms with van der Waals surface area (Å²) in [6.45, 7) is 3.99. The zero-order valence-corrected chi connectivity index (χ0v) is 21.2. The first-order chi connectivity index (χ1) is 17.5. The Kier molecular flexibility index (Phi) is 7.34. The van der Waals surface area contributed by atoms with E-state index in [2.05, 4.69) is 51.9 Å². The molecule has 0 bridgehead atoms. The normalized spacial score (nSPS) is 16.1. The van der Waals surface area contributed by atoms with Crippen LogP contribution in [0.3, 0.4) is 0 Å². The van der Waals surface area contributed by atoms with E-state index < -0.39 is 10.0 Å². The Morgan fingerprint density at radius 1 is 0.778 bits per heavy atom. The minimum absolute atomic E-state index is 0.0567. The minimum Gasteiger partial charge on any atom is -0.457 e. The summed E-state index contributed by atoms with van der Waals surface area (Å²) in [6.07, 6.45) is 0. The molecule has 0 saturated carbocycles. The number of nitrogens with zero attached hydrogens (tertiary/aromatic N) is 2. The third-order valence-corrected chi connectivity index (χ3v) is 8.16. The van der Waals surface area contributed by atoms with Gasteiger partial charge in [0.2, 0.25) is 10.0 Å². The lowest BCUT2D eigenvalue weighted by molar-refractivity contribution is 0.113. The fourth-order valence-corrected chi connectivity index (χ4v) is 5.63.